The predicted octanol–water partition coefficient (Wildman–Crippen LogP) is -1.85. The molecular formula is C12H16FN2O15P3. The molecule has 1 aliphatic heterocycles. The number of halogens is 1. The van der Waals surface area contributed by atoms with Gasteiger partial charge in [0.25, 0.3) is 5.56 Å². The molecule has 21 heteroatoms. The third kappa shape index (κ3) is 4.17. The van der Waals surface area contributed by atoms with Gasteiger partial charge < -0.3 is 34.5 Å². The highest BCUT2D eigenvalue weighted by Crippen LogP contribution is 2.74. The topological polar surface area (TPSA) is 264 Å². The Morgan fingerprint density at radius 2 is 1.79 bits per heavy atom. The average Bonchev–Trinajstić information content (AvgIpc) is 3.05. The largest absolute Gasteiger partial charge is 0.490 e. The number of ether oxygens (including phenoxy) is 1. The summed E-state index contributed by atoms with van der Waals surface area (Å²) in [5, 5.41) is 21.9. The van der Waals surface area contributed by atoms with Gasteiger partial charge in [-0.15, -0.1) is 0 Å². The van der Waals surface area contributed by atoms with E-state index in [0.717, 1.165) is 12.3 Å². The maximum absolute atomic E-state index is 14.0. The zero-order valence-electron chi connectivity index (χ0n) is 15.8. The summed E-state index contributed by atoms with van der Waals surface area (Å²) in [7, 11) is -17.5. The number of fused-ring (bicyclic) bond motifs is 1. The van der Waals surface area contributed by atoms with Gasteiger partial charge in [-0.05, 0) is 0 Å². The number of aromatic nitrogens is 2. The van der Waals surface area contributed by atoms with Crippen molar-refractivity contribution in [2.45, 2.75) is 29.1 Å². The minimum Gasteiger partial charge on any atom is -0.380 e. The lowest BCUT2D eigenvalue weighted by atomic mass is 9.91. The van der Waals surface area contributed by atoms with Crippen LogP contribution < -0.4 is 11.2 Å². The Morgan fingerprint density at radius 1 is 1.18 bits per heavy atom. The average molecular weight is 540 g/mol. The van der Waals surface area contributed by atoms with Gasteiger partial charge in [-0.25, -0.2) is 22.9 Å². The number of phosphoric ester groups is 1. The molecule has 7 atom stereocenters. The molecule has 1 saturated carbocycles. The number of aromatic amines is 1. The molecule has 1 aliphatic carbocycles. The maximum atomic E-state index is 14.0. The van der Waals surface area contributed by atoms with Crippen LogP contribution in [0.15, 0.2) is 34.5 Å². The zero-order chi connectivity index (χ0) is 25.3. The van der Waals surface area contributed by atoms with Crippen LogP contribution in [0.4, 0.5) is 4.39 Å². The molecule has 33 heavy (non-hydrogen) atoms. The normalized spacial score (nSPS) is 37.1. The number of phosphoric acid groups is 3. The Labute approximate surface area is 181 Å². The van der Waals surface area contributed by atoms with Crippen molar-refractivity contribution in [2.75, 3.05) is 6.67 Å². The smallest absolute Gasteiger partial charge is 0.380 e. The minimum atomic E-state index is -5.94. The van der Waals surface area contributed by atoms with E-state index >= 15 is 0 Å². The van der Waals surface area contributed by atoms with Crippen molar-refractivity contribution < 1.29 is 65.8 Å². The van der Waals surface area contributed by atoms with E-state index in [1.807, 2.05) is 4.98 Å². The molecule has 0 amide bonds. The lowest BCUT2D eigenvalue weighted by Crippen LogP contribution is -2.52. The van der Waals surface area contributed by atoms with Crippen LogP contribution >= 0.6 is 23.5 Å². The van der Waals surface area contributed by atoms with E-state index in [2.05, 4.69) is 19.7 Å². The van der Waals surface area contributed by atoms with Crippen molar-refractivity contribution in [1.82, 2.24) is 9.55 Å². The van der Waals surface area contributed by atoms with Crippen LogP contribution in [0, 0.1) is 0 Å². The molecular weight excluding hydrogens is 524 g/mol. The van der Waals surface area contributed by atoms with Gasteiger partial charge in [0.15, 0.2) is 23.0 Å². The summed E-state index contributed by atoms with van der Waals surface area (Å²) in [6, 6.07) is 0.827. The summed E-state index contributed by atoms with van der Waals surface area (Å²) in [5.74, 6) is 0. The van der Waals surface area contributed by atoms with Gasteiger partial charge in [0, 0.05) is 12.3 Å². The Hall–Kier alpha value is -1.36. The van der Waals surface area contributed by atoms with Crippen molar-refractivity contribution in [1.29, 1.82) is 0 Å². The van der Waals surface area contributed by atoms with Crippen LogP contribution in [0.3, 0.4) is 0 Å². The van der Waals surface area contributed by atoms with Crippen LogP contribution in [-0.2, 0) is 31.6 Å². The van der Waals surface area contributed by atoms with Crippen LogP contribution in [0.25, 0.3) is 0 Å². The van der Waals surface area contributed by atoms with E-state index in [4.69, 9.17) is 14.5 Å². The quantitative estimate of drug-likeness (QED) is 0.134. The standard InChI is InChI=1S/C12H16FN2O15P3/c1-2-10(18)8(15-4-3-6(16)14-9(15)17)27-11(5-13)7(12(10,11)19)28-32(23,24)30-33(25,26)29-31(20,21)22/h2-4,7-8,18-19H,1,5H2,(H,23,24)(H,25,26)(H,14,16,17)(H2,20,21,22)/t7?,8-,10+,11-,12+/m1/s1. The molecule has 0 radical (unpaired) electrons. The van der Waals surface area contributed by atoms with E-state index < -0.39 is 70.5 Å². The molecule has 2 fully saturated rings. The van der Waals surface area contributed by atoms with Gasteiger partial charge in [-0.3, -0.25) is 18.9 Å². The van der Waals surface area contributed by atoms with Crippen LogP contribution in [0.5, 0.6) is 0 Å². The van der Waals surface area contributed by atoms with E-state index in [1.165, 1.54) is 0 Å². The number of H-pyrrole nitrogens is 1. The number of rotatable bonds is 9. The molecule has 1 aromatic rings. The number of aliphatic hydroxyl groups is 2. The number of hydrogen-bond donors (Lipinski definition) is 7. The van der Waals surface area contributed by atoms with Gasteiger partial charge in [0.05, 0.1) is 0 Å². The molecule has 1 aromatic heterocycles. The summed E-state index contributed by atoms with van der Waals surface area (Å²) in [6.07, 6.45) is -2.83. The van der Waals surface area contributed by atoms with Crippen molar-refractivity contribution in [3.63, 3.8) is 0 Å². The fourth-order valence-electron chi connectivity index (χ4n) is 3.57. The second-order valence-electron chi connectivity index (χ2n) is 6.88. The van der Waals surface area contributed by atoms with E-state index in [9.17, 15) is 47.7 Å². The van der Waals surface area contributed by atoms with E-state index in [0.29, 0.717) is 10.6 Å². The molecule has 0 bridgehead atoms. The monoisotopic (exact) mass is 540 g/mol. The molecule has 1 saturated heterocycles. The number of nitrogens with one attached hydrogen (secondary N) is 1. The molecule has 17 nitrogen and oxygen atoms in total. The van der Waals surface area contributed by atoms with Crippen LogP contribution in [0.2, 0.25) is 0 Å². The van der Waals surface area contributed by atoms with Crippen molar-refractivity contribution in [3.05, 3.63) is 45.8 Å². The van der Waals surface area contributed by atoms with Crippen LogP contribution in [-0.4, -0.2) is 68.9 Å². The van der Waals surface area contributed by atoms with E-state index in [-0.39, 0.29) is 0 Å². The highest BCUT2D eigenvalue weighted by Gasteiger charge is 2.94. The first-order chi connectivity index (χ1) is 14.9. The number of hydrogen-bond acceptors (Lipinski definition) is 11. The van der Waals surface area contributed by atoms with E-state index in [1.54, 1.807) is 0 Å². The molecule has 3 unspecified atom stereocenters. The first-order valence-electron chi connectivity index (χ1n) is 8.34. The summed E-state index contributed by atoms with van der Waals surface area (Å²) in [4.78, 5) is 61.1. The summed E-state index contributed by atoms with van der Waals surface area (Å²) >= 11 is 0. The zero-order valence-corrected chi connectivity index (χ0v) is 18.5. The molecule has 2 aliphatic rings. The summed E-state index contributed by atoms with van der Waals surface area (Å²) in [6.45, 7) is 1.52. The van der Waals surface area contributed by atoms with Gasteiger partial charge in [0.1, 0.15) is 12.8 Å². The maximum Gasteiger partial charge on any atom is 0.490 e. The first-order valence-corrected chi connectivity index (χ1v) is 12.9. The predicted molar refractivity (Wildman–Crippen MR) is 99.0 cm³/mol. The number of alkyl halides is 1. The molecule has 186 valence electrons. The second kappa shape index (κ2) is 7.83. The molecule has 0 aromatic carbocycles. The molecule has 3 rings (SSSR count). The van der Waals surface area contributed by atoms with Gasteiger partial charge in [0.2, 0.25) is 0 Å². The molecule has 7 N–H and O–H groups in total. The lowest BCUT2D eigenvalue weighted by Gasteiger charge is -2.33. The third-order valence-corrected chi connectivity index (χ3v) is 8.75. The minimum absolute atomic E-state index is 0.548. The number of nitrogens with zero attached hydrogens (tertiary/aromatic N) is 1. The Bertz CT molecular complexity index is 1240. The summed E-state index contributed by atoms with van der Waals surface area (Å²) < 4.78 is 65.5. The van der Waals surface area contributed by atoms with Crippen LogP contribution in [0.1, 0.15) is 6.23 Å². The van der Waals surface area contributed by atoms with Crippen molar-refractivity contribution >= 4 is 23.5 Å². The van der Waals surface area contributed by atoms with Gasteiger partial charge in [-0.1, -0.05) is 12.7 Å². The fourth-order valence-corrected chi connectivity index (χ4v) is 6.82. The second-order valence-corrected chi connectivity index (χ2v) is 11.3. The lowest BCUT2D eigenvalue weighted by molar-refractivity contribution is -0.151. The molecule has 0 spiro atoms. The Balaban J connectivity index is 1.94. The molecule has 2 heterocycles. The third-order valence-electron chi connectivity index (χ3n) is 4.94. The van der Waals surface area contributed by atoms with Crippen molar-refractivity contribution in [2.24, 2.45) is 0 Å². The Kier molecular flexibility index (Phi) is 6.23. The fraction of sp³-hybridized carbons (Fsp3) is 0.500. The van der Waals surface area contributed by atoms with Crippen molar-refractivity contribution in [3.8, 4) is 0 Å². The summed E-state index contributed by atoms with van der Waals surface area (Å²) in [5.41, 5.74) is -10.4. The highest BCUT2D eigenvalue weighted by atomic mass is 31.3. The van der Waals surface area contributed by atoms with Gasteiger partial charge in [-0.2, -0.15) is 8.62 Å². The highest BCUT2D eigenvalue weighted by molar-refractivity contribution is 7.66. The Morgan fingerprint density at radius 3 is 2.27 bits per heavy atom. The van der Waals surface area contributed by atoms with Gasteiger partial charge >= 0.3 is 29.2 Å². The first kappa shape index (κ1) is 26.2. The SMILES string of the molecule is C=C[C@]1(O)[C@H](n2ccc(=O)[nH]c2=O)O[C@]2(CF)C(OP(=O)(O)OP(=O)(O)OP(=O)(O)O)[C@@]21O.